The van der Waals surface area contributed by atoms with Gasteiger partial charge in [-0.3, -0.25) is 4.79 Å². The fourth-order valence-electron chi connectivity index (χ4n) is 2.10. The quantitative estimate of drug-likeness (QED) is 0.414. The molecular weight excluding hydrogens is 373 g/mol. The summed E-state index contributed by atoms with van der Waals surface area (Å²) >= 11 is 3.20. The van der Waals surface area contributed by atoms with E-state index in [2.05, 4.69) is 44.6 Å². The third kappa shape index (κ3) is 3.47. The van der Waals surface area contributed by atoms with Crippen LogP contribution in [0.3, 0.4) is 0 Å². The maximum Gasteiger partial charge on any atom is 0.449 e. The van der Waals surface area contributed by atoms with Gasteiger partial charge in [0.15, 0.2) is 5.43 Å². The van der Waals surface area contributed by atoms with Gasteiger partial charge in [0.05, 0.1) is 5.39 Å². The Balaban J connectivity index is 0.000000213. The number of fused-ring (bicyclic) bond motifs is 2. The minimum atomic E-state index is -4.65. The molecule has 4 rings (SSSR count). The van der Waals surface area contributed by atoms with Crippen molar-refractivity contribution >= 4 is 26.9 Å². The minimum absolute atomic E-state index is 0.0606. The van der Waals surface area contributed by atoms with Crippen LogP contribution >= 0.6 is 15.9 Å². The lowest BCUT2D eigenvalue weighted by molar-refractivity contribution is -0.152. The summed E-state index contributed by atoms with van der Waals surface area (Å²) in [6, 6.07) is 13.4. The molecule has 118 valence electrons. The van der Waals surface area contributed by atoms with Gasteiger partial charge in [0.1, 0.15) is 5.58 Å². The number of benzene rings is 2. The summed E-state index contributed by atoms with van der Waals surface area (Å²) in [5, 5.41) is 0.665. The molecule has 1 aromatic heterocycles. The van der Waals surface area contributed by atoms with Crippen molar-refractivity contribution in [3.05, 3.63) is 70.1 Å². The molecule has 0 N–H and O–H groups in total. The van der Waals surface area contributed by atoms with E-state index in [1.807, 2.05) is 0 Å². The second-order valence-electron chi connectivity index (χ2n) is 5.02. The summed E-state index contributed by atoms with van der Waals surface area (Å²) in [5.74, 6) is -1.28. The molecule has 2 aliphatic rings. The van der Waals surface area contributed by atoms with Crippen molar-refractivity contribution < 1.29 is 17.6 Å². The van der Waals surface area contributed by atoms with Gasteiger partial charge in [-0.15, -0.1) is 0 Å². The zero-order valence-corrected chi connectivity index (χ0v) is 13.2. The van der Waals surface area contributed by atoms with Gasteiger partial charge in [-0.25, -0.2) is 0 Å². The zero-order valence-electron chi connectivity index (χ0n) is 11.7. The van der Waals surface area contributed by atoms with Crippen LogP contribution in [0.15, 0.2) is 57.7 Å². The standard InChI is InChI=1S/C11H6BrF3O2.C6H4/c12-5-6-1-2-9-7(3-6)8(16)4-10(17-9)11(13,14)15;1-2-5-4-6(5)3-1/h1-4H,5H2;1-4H. The van der Waals surface area contributed by atoms with Crippen molar-refractivity contribution in [1.82, 2.24) is 0 Å². The average molecular weight is 383 g/mol. The monoisotopic (exact) mass is 382 g/mol. The molecule has 0 saturated heterocycles. The molecule has 6 heteroatoms. The molecular formula is C17H10BrF3O2. The van der Waals surface area contributed by atoms with Gasteiger partial charge in [-0.1, -0.05) is 40.2 Å². The molecule has 0 fully saturated rings. The Morgan fingerprint density at radius 3 is 2.17 bits per heavy atom. The molecule has 0 spiro atoms. The Kier molecular flexibility index (Phi) is 4.02. The first-order chi connectivity index (χ1) is 10.9. The summed E-state index contributed by atoms with van der Waals surface area (Å²) in [5.41, 5.74) is 2.89. The molecule has 2 aliphatic carbocycles. The van der Waals surface area contributed by atoms with E-state index in [1.54, 1.807) is 6.07 Å². The van der Waals surface area contributed by atoms with Crippen molar-refractivity contribution in [2.75, 3.05) is 0 Å². The highest BCUT2D eigenvalue weighted by molar-refractivity contribution is 9.08. The van der Waals surface area contributed by atoms with Crippen LogP contribution in [0.2, 0.25) is 0 Å². The van der Waals surface area contributed by atoms with E-state index in [-0.39, 0.29) is 11.0 Å². The maximum absolute atomic E-state index is 12.4. The first-order valence-corrected chi connectivity index (χ1v) is 7.81. The highest BCUT2D eigenvalue weighted by Crippen LogP contribution is 2.32. The first kappa shape index (κ1) is 15.8. The third-order valence-electron chi connectivity index (χ3n) is 3.34. The van der Waals surface area contributed by atoms with Crippen LogP contribution in [-0.2, 0) is 11.5 Å². The van der Waals surface area contributed by atoms with Crippen LogP contribution in [0.1, 0.15) is 11.3 Å². The fraction of sp³-hybridized carbons (Fsp3) is 0.118. The molecule has 0 aliphatic heterocycles. The summed E-state index contributed by atoms with van der Waals surface area (Å²) in [7, 11) is 0. The van der Waals surface area contributed by atoms with Crippen LogP contribution in [0.25, 0.3) is 22.1 Å². The van der Waals surface area contributed by atoms with Crippen molar-refractivity contribution in [1.29, 1.82) is 0 Å². The Labute approximate surface area is 137 Å². The van der Waals surface area contributed by atoms with Gasteiger partial charge in [0, 0.05) is 11.4 Å². The Morgan fingerprint density at radius 1 is 1.00 bits per heavy atom. The largest absolute Gasteiger partial charge is 0.451 e. The highest BCUT2D eigenvalue weighted by Gasteiger charge is 2.34. The van der Waals surface area contributed by atoms with E-state index in [9.17, 15) is 18.0 Å². The van der Waals surface area contributed by atoms with Crippen molar-refractivity contribution in [3.63, 3.8) is 0 Å². The fourth-order valence-corrected chi connectivity index (χ4v) is 2.45. The lowest BCUT2D eigenvalue weighted by Crippen LogP contribution is -2.10. The normalized spacial score (nSPS) is 11.8. The summed E-state index contributed by atoms with van der Waals surface area (Å²) in [6.45, 7) is 0. The lowest BCUT2D eigenvalue weighted by atomic mass is 10.1. The molecule has 0 saturated carbocycles. The summed E-state index contributed by atoms with van der Waals surface area (Å²) in [4.78, 5) is 11.5. The smallest absolute Gasteiger partial charge is 0.449 e. The molecule has 2 nitrogen and oxygen atoms in total. The van der Waals surface area contributed by atoms with E-state index >= 15 is 0 Å². The van der Waals surface area contributed by atoms with E-state index in [4.69, 9.17) is 0 Å². The van der Waals surface area contributed by atoms with Crippen LogP contribution < -0.4 is 5.43 Å². The van der Waals surface area contributed by atoms with E-state index in [0.717, 1.165) is 5.56 Å². The average Bonchev–Trinajstić information content (AvgIpc) is 3.12. The van der Waals surface area contributed by atoms with Crippen LogP contribution in [0, 0.1) is 0 Å². The highest BCUT2D eigenvalue weighted by atomic mass is 79.9. The molecule has 0 bridgehead atoms. The topological polar surface area (TPSA) is 30.2 Å². The van der Waals surface area contributed by atoms with Crippen LogP contribution in [-0.4, -0.2) is 0 Å². The second-order valence-corrected chi connectivity index (χ2v) is 5.58. The van der Waals surface area contributed by atoms with Gasteiger partial charge in [0.25, 0.3) is 0 Å². The number of alkyl halides is 4. The molecule has 1 aromatic carbocycles. The van der Waals surface area contributed by atoms with Crippen molar-refractivity contribution in [2.24, 2.45) is 0 Å². The van der Waals surface area contributed by atoms with Crippen molar-refractivity contribution in [3.8, 4) is 11.1 Å². The van der Waals surface area contributed by atoms with Crippen LogP contribution in [0.4, 0.5) is 13.2 Å². The van der Waals surface area contributed by atoms with Gasteiger partial charge >= 0.3 is 6.18 Å². The van der Waals surface area contributed by atoms with Gasteiger partial charge in [-0.05, 0) is 34.9 Å². The lowest BCUT2D eigenvalue weighted by Gasteiger charge is -2.06. The molecule has 0 unspecified atom stereocenters. The number of halogens is 4. The first-order valence-electron chi connectivity index (χ1n) is 6.69. The third-order valence-corrected chi connectivity index (χ3v) is 3.99. The Morgan fingerprint density at radius 2 is 1.70 bits per heavy atom. The van der Waals surface area contributed by atoms with E-state index in [0.29, 0.717) is 11.4 Å². The zero-order chi connectivity index (χ0) is 16.6. The summed E-state index contributed by atoms with van der Waals surface area (Å²) in [6.07, 6.45) is -4.65. The van der Waals surface area contributed by atoms with Crippen LogP contribution in [0.5, 0.6) is 0 Å². The molecule has 1 heterocycles. The van der Waals surface area contributed by atoms with E-state index in [1.165, 1.54) is 23.3 Å². The van der Waals surface area contributed by atoms with Gasteiger partial charge in [0.2, 0.25) is 5.76 Å². The molecule has 23 heavy (non-hydrogen) atoms. The number of hydrogen-bond donors (Lipinski definition) is 0. The van der Waals surface area contributed by atoms with Crippen molar-refractivity contribution in [2.45, 2.75) is 11.5 Å². The predicted octanol–water partition coefficient (Wildman–Crippen LogP) is 5.37. The maximum atomic E-state index is 12.4. The number of rotatable bonds is 1. The second kappa shape index (κ2) is 5.85. The SMILES string of the molecule is O=c1cc(C(F)(F)F)oc2ccc(CBr)cc12.c1cc2cc-2c1. The number of hydrogen-bond acceptors (Lipinski definition) is 2. The van der Waals surface area contributed by atoms with Gasteiger partial charge < -0.3 is 4.42 Å². The Bertz CT molecular complexity index is 912. The molecule has 0 radical (unpaired) electrons. The predicted molar refractivity (Wildman–Crippen MR) is 85.6 cm³/mol. The van der Waals surface area contributed by atoms with Gasteiger partial charge in [-0.2, -0.15) is 13.2 Å². The minimum Gasteiger partial charge on any atom is -0.451 e. The Hall–Kier alpha value is -2.08. The molecule has 2 aromatic rings. The van der Waals surface area contributed by atoms with E-state index < -0.39 is 17.4 Å². The summed E-state index contributed by atoms with van der Waals surface area (Å²) < 4.78 is 41.9. The molecule has 0 amide bonds. The molecule has 0 atom stereocenters.